The number of oxime groups is 1. The van der Waals surface area contributed by atoms with Crippen molar-refractivity contribution in [2.45, 2.75) is 13.5 Å². The van der Waals surface area contributed by atoms with Gasteiger partial charge in [-0.3, -0.25) is 5.32 Å². The second-order valence-corrected chi connectivity index (χ2v) is 8.05. The van der Waals surface area contributed by atoms with Crippen LogP contribution in [0.2, 0.25) is 0 Å². The lowest BCUT2D eigenvalue weighted by atomic mass is 9.94. The number of hydrogen-bond donors (Lipinski definition) is 1. The molecular formula is C22H25N7O5. The first-order valence-electron chi connectivity index (χ1n) is 10.6. The van der Waals surface area contributed by atoms with Crippen LogP contribution in [0.3, 0.4) is 0 Å². The van der Waals surface area contributed by atoms with Crippen molar-refractivity contribution >= 4 is 17.6 Å². The molecule has 34 heavy (non-hydrogen) atoms. The first kappa shape index (κ1) is 23.3. The molecule has 0 unspecified atom stereocenters. The summed E-state index contributed by atoms with van der Waals surface area (Å²) in [6.45, 7) is 3.33. The van der Waals surface area contributed by atoms with Crippen LogP contribution in [0.25, 0.3) is 0 Å². The van der Waals surface area contributed by atoms with Gasteiger partial charge in [0, 0.05) is 18.0 Å². The first-order valence-corrected chi connectivity index (χ1v) is 10.6. The van der Waals surface area contributed by atoms with Gasteiger partial charge in [-0.15, -0.1) is 5.10 Å². The fourth-order valence-corrected chi connectivity index (χ4v) is 3.18. The average molecular weight is 467 g/mol. The number of aryl methyl sites for hydroxylation is 1. The molecule has 178 valence electrons. The quantitative estimate of drug-likeness (QED) is 0.390. The fraction of sp³-hybridized carbons (Fsp3) is 0.364. The minimum Gasteiger partial charge on any atom is -0.449 e. The highest BCUT2D eigenvalue weighted by Gasteiger charge is 2.30. The van der Waals surface area contributed by atoms with Gasteiger partial charge in [0.1, 0.15) is 19.2 Å². The average Bonchev–Trinajstić information content (AvgIpc) is 3.27. The van der Waals surface area contributed by atoms with E-state index in [4.69, 9.17) is 19.0 Å². The van der Waals surface area contributed by atoms with Gasteiger partial charge in [-0.25, -0.2) is 14.5 Å². The zero-order valence-electron chi connectivity index (χ0n) is 18.9. The van der Waals surface area contributed by atoms with Crippen molar-refractivity contribution in [2.24, 2.45) is 17.6 Å². The lowest BCUT2D eigenvalue weighted by Gasteiger charge is -2.32. The van der Waals surface area contributed by atoms with Gasteiger partial charge in [0.2, 0.25) is 5.82 Å². The van der Waals surface area contributed by atoms with Crippen molar-refractivity contribution in [3.05, 3.63) is 65.6 Å². The Morgan fingerprint density at radius 1 is 1.18 bits per heavy atom. The van der Waals surface area contributed by atoms with Crippen LogP contribution < -0.4 is 5.32 Å². The van der Waals surface area contributed by atoms with E-state index in [0.717, 1.165) is 5.56 Å². The number of carbonyl (C=O) groups is 1. The van der Waals surface area contributed by atoms with Crippen molar-refractivity contribution in [3.63, 3.8) is 0 Å². The van der Waals surface area contributed by atoms with E-state index in [2.05, 4.69) is 31.0 Å². The maximum Gasteiger partial charge on any atom is 0.412 e. The Morgan fingerprint density at radius 3 is 2.71 bits per heavy atom. The molecule has 0 atom stereocenters. The number of benzene rings is 1. The first-order chi connectivity index (χ1) is 16.5. The third kappa shape index (κ3) is 6.11. The predicted octanol–water partition coefficient (Wildman–Crippen LogP) is 2.13. The van der Waals surface area contributed by atoms with Gasteiger partial charge in [0.25, 0.3) is 0 Å². The Kier molecular flexibility index (Phi) is 7.40. The summed E-state index contributed by atoms with van der Waals surface area (Å²) in [7, 11) is 1.72. The van der Waals surface area contributed by atoms with E-state index >= 15 is 0 Å². The van der Waals surface area contributed by atoms with Crippen LogP contribution in [0.1, 0.15) is 24.0 Å². The molecule has 0 radical (unpaired) electrons. The fourth-order valence-electron chi connectivity index (χ4n) is 3.18. The Bertz CT molecular complexity index is 1130. The SMILES string of the molecule is Cn1nnnc1/C(=N\OCc1cccc(NC(=O)OCC2(C)COCOC2)n1)c1ccccc1. The Balaban J connectivity index is 1.36. The maximum atomic E-state index is 12.2. The monoisotopic (exact) mass is 467 g/mol. The van der Waals surface area contributed by atoms with Gasteiger partial charge in [-0.2, -0.15) is 0 Å². The molecule has 1 aromatic carbocycles. The van der Waals surface area contributed by atoms with Gasteiger partial charge in [-0.05, 0) is 22.6 Å². The summed E-state index contributed by atoms with van der Waals surface area (Å²) in [4.78, 5) is 22.1. The van der Waals surface area contributed by atoms with Gasteiger partial charge >= 0.3 is 6.09 Å². The van der Waals surface area contributed by atoms with Gasteiger partial charge in [-0.1, -0.05) is 48.5 Å². The van der Waals surface area contributed by atoms with E-state index in [1.807, 2.05) is 37.3 Å². The van der Waals surface area contributed by atoms with E-state index in [0.29, 0.717) is 36.3 Å². The van der Waals surface area contributed by atoms with Gasteiger partial charge in [0.05, 0.1) is 18.9 Å². The number of tetrazole rings is 1. The molecule has 1 N–H and O–H groups in total. The number of anilines is 1. The molecule has 0 spiro atoms. The second kappa shape index (κ2) is 10.8. The molecule has 1 aliphatic rings. The summed E-state index contributed by atoms with van der Waals surface area (Å²) in [6.07, 6.45) is -0.614. The molecule has 1 saturated heterocycles. The van der Waals surface area contributed by atoms with E-state index in [9.17, 15) is 4.79 Å². The van der Waals surface area contributed by atoms with Crippen molar-refractivity contribution < 1.29 is 23.8 Å². The van der Waals surface area contributed by atoms with Crippen LogP contribution >= 0.6 is 0 Å². The minimum absolute atomic E-state index is 0.0684. The molecule has 4 rings (SSSR count). The third-order valence-electron chi connectivity index (χ3n) is 4.90. The summed E-state index contributed by atoms with van der Waals surface area (Å²) < 4.78 is 17.4. The van der Waals surface area contributed by atoms with Crippen LogP contribution in [0.4, 0.5) is 10.6 Å². The van der Waals surface area contributed by atoms with E-state index in [-0.39, 0.29) is 25.4 Å². The Morgan fingerprint density at radius 2 is 1.97 bits per heavy atom. The number of rotatable bonds is 8. The summed E-state index contributed by atoms with van der Waals surface area (Å²) in [5.41, 5.74) is 1.46. The largest absolute Gasteiger partial charge is 0.449 e. The van der Waals surface area contributed by atoms with Gasteiger partial charge in [0.15, 0.2) is 12.3 Å². The molecule has 0 saturated carbocycles. The normalized spacial score (nSPS) is 15.5. The third-order valence-corrected chi connectivity index (χ3v) is 4.90. The zero-order valence-corrected chi connectivity index (χ0v) is 18.9. The van der Waals surface area contributed by atoms with E-state index in [1.54, 1.807) is 25.2 Å². The Labute approximate surface area is 195 Å². The number of nitrogens with one attached hydrogen (secondary N) is 1. The highest BCUT2D eigenvalue weighted by atomic mass is 16.7. The maximum absolute atomic E-state index is 12.2. The molecule has 12 nitrogen and oxygen atoms in total. The molecule has 1 amide bonds. The van der Waals surface area contributed by atoms with Crippen molar-refractivity contribution in [1.82, 2.24) is 25.2 Å². The number of aromatic nitrogens is 5. The molecule has 0 bridgehead atoms. The summed E-state index contributed by atoms with van der Waals surface area (Å²) in [6, 6.07) is 14.6. The molecule has 3 heterocycles. The number of pyridine rings is 1. The van der Waals surface area contributed by atoms with Crippen molar-refractivity contribution in [2.75, 3.05) is 31.9 Å². The standard InChI is InChI=1S/C22H25N7O5/c1-22(12-31-15-32-13-22)14-33-21(30)24-18-10-6-9-17(23-18)11-34-26-19(16-7-4-3-5-8-16)20-25-27-28-29(20)2/h3-10H,11-15H2,1-2H3,(H,23,24,30)/b26-19-. The predicted molar refractivity (Wildman–Crippen MR) is 120 cm³/mol. The smallest absolute Gasteiger partial charge is 0.412 e. The number of carbonyl (C=O) groups excluding carboxylic acids is 1. The molecular weight excluding hydrogens is 442 g/mol. The second-order valence-electron chi connectivity index (χ2n) is 8.05. The zero-order chi connectivity index (χ0) is 23.8. The van der Waals surface area contributed by atoms with Crippen LogP contribution in [-0.2, 0) is 32.7 Å². The lowest BCUT2D eigenvalue weighted by molar-refractivity contribution is -0.169. The van der Waals surface area contributed by atoms with Crippen LogP contribution in [0.5, 0.6) is 0 Å². The number of ether oxygens (including phenoxy) is 3. The Hall–Kier alpha value is -3.90. The molecule has 2 aromatic heterocycles. The van der Waals surface area contributed by atoms with Crippen LogP contribution in [0.15, 0.2) is 53.7 Å². The van der Waals surface area contributed by atoms with Crippen LogP contribution in [0, 0.1) is 5.41 Å². The molecule has 1 fully saturated rings. The summed E-state index contributed by atoms with van der Waals surface area (Å²) in [5, 5.41) is 18.4. The summed E-state index contributed by atoms with van der Waals surface area (Å²) in [5.74, 6) is 0.789. The minimum atomic E-state index is -0.614. The highest BCUT2D eigenvalue weighted by Crippen LogP contribution is 2.22. The molecule has 0 aliphatic carbocycles. The number of amides is 1. The summed E-state index contributed by atoms with van der Waals surface area (Å²) >= 11 is 0. The number of nitrogens with zero attached hydrogens (tertiary/aromatic N) is 6. The lowest BCUT2D eigenvalue weighted by Crippen LogP contribution is -2.39. The molecule has 1 aliphatic heterocycles. The van der Waals surface area contributed by atoms with Crippen LogP contribution in [-0.4, -0.2) is 63.6 Å². The topological polar surface area (TPSA) is 135 Å². The van der Waals surface area contributed by atoms with E-state index < -0.39 is 6.09 Å². The molecule has 12 heteroatoms. The molecule has 3 aromatic rings. The highest BCUT2D eigenvalue weighted by molar-refractivity contribution is 6.10. The van der Waals surface area contributed by atoms with E-state index in [1.165, 1.54) is 4.68 Å². The number of hydrogen-bond acceptors (Lipinski definition) is 10. The van der Waals surface area contributed by atoms with Gasteiger partial charge < -0.3 is 19.0 Å². The van der Waals surface area contributed by atoms with Crippen molar-refractivity contribution in [1.29, 1.82) is 0 Å². The van der Waals surface area contributed by atoms with Crippen molar-refractivity contribution in [3.8, 4) is 0 Å².